The second-order valence-corrected chi connectivity index (χ2v) is 16.7. The van der Waals surface area contributed by atoms with Gasteiger partial charge in [-0.15, -0.1) is 0 Å². The molecule has 8 aromatic rings. The van der Waals surface area contributed by atoms with Gasteiger partial charge in [0.2, 0.25) is 0 Å². The minimum Gasteiger partial charge on any atom is -0.311 e. The molecule has 1 unspecified atom stereocenters. The van der Waals surface area contributed by atoms with Crippen LogP contribution in [0.15, 0.2) is 212 Å². The molecule has 288 valence electrons. The van der Waals surface area contributed by atoms with Crippen molar-refractivity contribution in [2.24, 2.45) is 0 Å². The van der Waals surface area contributed by atoms with Crippen LogP contribution in [0.25, 0.3) is 16.3 Å². The van der Waals surface area contributed by atoms with Crippen molar-refractivity contribution in [2.75, 3.05) is 9.80 Å². The molecule has 0 saturated heterocycles. The molecule has 0 bridgehead atoms. The lowest BCUT2D eigenvalue weighted by molar-refractivity contribution is 0.589. The standard InChI is InChI=1S/C57H50N2/c1-7-51-41(3)57(43-29-27-42(28-30-43)56(4,5)6,54-39-40(2)52-25-17-18-26-53(52)55(51)54)44-31-33-48(34-32-44)59(47-23-15-10-16-24-47)50-37-35-49(36-38-50)58(45-19-11-8-12-20-45)46-21-13-9-14-22-46/h7-39H,3H2,1-2,4-6H3. The van der Waals surface area contributed by atoms with Gasteiger partial charge in [-0.1, -0.05) is 155 Å². The molecule has 59 heavy (non-hydrogen) atoms. The monoisotopic (exact) mass is 762 g/mol. The molecule has 0 heterocycles. The molecule has 2 heteroatoms. The molecule has 0 aromatic heterocycles. The maximum absolute atomic E-state index is 4.97. The highest BCUT2D eigenvalue weighted by Crippen LogP contribution is 2.59. The van der Waals surface area contributed by atoms with Crippen LogP contribution in [0.2, 0.25) is 0 Å². The van der Waals surface area contributed by atoms with Crippen LogP contribution < -0.4 is 9.80 Å². The first-order valence-electron chi connectivity index (χ1n) is 20.7. The van der Waals surface area contributed by atoms with Crippen molar-refractivity contribution in [2.45, 2.75) is 45.4 Å². The second-order valence-electron chi connectivity index (χ2n) is 16.7. The Labute approximate surface area is 350 Å². The lowest BCUT2D eigenvalue weighted by Gasteiger charge is -2.35. The third-order valence-electron chi connectivity index (χ3n) is 12.1. The first kappa shape index (κ1) is 37.7. The summed E-state index contributed by atoms with van der Waals surface area (Å²) in [6, 6.07) is 70.5. The molecule has 1 aliphatic carbocycles. The summed E-state index contributed by atoms with van der Waals surface area (Å²) in [5.74, 6) is 0. The van der Waals surface area contributed by atoms with Crippen molar-refractivity contribution in [3.8, 4) is 0 Å². The zero-order valence-electron chi connectivity index (χ0n) is 34.7. The number of fused-ring (bicyclic) bond motifs is 3. The average molecular weight is 763 g/mol. The Morgan fingerprint density at radius 2 is 0.847 bits per heavy atom. The number of para-hydroxylation sites is 3. The Hall–Kier alpha value is -6.90. The molecular weight excluding hydrogens is 713 g/mol. The molecule has 8 aromatic carbocycles. The largest absolute Gasteiger partial charge is 0.311 e. The summed E-state index contributed by atoms with van der Waals surface area (Å²) < 4.78 is 0. The minimum absolute atomic E-state index is 0.0414. The number of allylic oxidation sites excluding steroid dienone is 3. The molecule has 1 atom stereocenters. The highest BCUT2D eigenvalue weighted by atomic mass is 15.2. The zero-order valence-corrected chi connectivity index (χ0v) is 34.7. The predicted octanol–water partition coefficient (Wildman–Crippen LogP) is 15.7. The molecular formula is C57H50N2. The number of aryl methyl sites for hydroxylation is 1. The van der Waals surface area contributed by atoms with E-state index in [1.807, 2.05) is 0 Å². The van der Waals surface area contributed by atoms with E-state index in [9.17, 15) is 0 Å². The van der Waals surface area contributed by atoms with Crippen LogP contribution >= 0.6 is 0 Å². The highest BCUT2D eigenvalue weighted by molar-refractivity contribution is 6.06. The quantitative estimate of drug-likeness (QED) is 0.152. The topological polar surface area (TPSA) is 6.48 Å². The molecule has 0 amide bonds. The molecule has 9 rings (SSSR count). The normalized spacial score (nSPS) is 15.7. The minimum atomic E-state index is -0.585. The average Bonchev–Trinajstić information content (AvgIpc) is 3.53. The SMILES string of the molecule is C=C1C(=CC)c2c(cc(C)c3ccccc23)C1(c1ccc(N(c2ccccc2)c2ccc(N(c3ccccc3)c3ccccc3)cc2)cc1)c1ccc(C(C)(C)C)cc1. The Morgan fingerprint density at radius 3 is 1.27 bits per heavy atom. The van der Waals surface area contributed by atoms with Crippen molar-refractivity contribution >= 4 is 50.5 Å². The second kappa shape index (κ2) is 15.1. The molecule has 1 aliphatic rings. The van der Waals surface area contributed by atoms with Gasteiger partial charge in [-0.05, 0) is 147 Å². The Morgan fingerprint density at radius 1 is 0.475 bits per heavy atom. The molecule has 0 aliphatic heterocycles. The number of benzene rings is 8. The summed E-state index contributed by atoms with van der Waals surface area (Å²) in [6.45, 7) is 16.2. The first-order valence-corrected chi connectivity index (χ1v) is 20.7. The smallest absolute Gasteiger partial charge is 0.0708 e. The fraction of sp³-hybridized carbons (Fsp3) is 0.123. The van der Waals surface area contributed by atoms with Gasteiger partial charge in [0.1, 0.15) is 0 Å². The molecule has 0 fully saturated rings. The van der Waals surface area contributed by atoms with Gasteiger partial charge in [0, 0.05) is 34.1 Å². The summed E-state index contributed by atoms with van der Waals surface area (Å²) >= 11 is 0. The van der Waals surface area contributed by atoms with E-state index in [0.717, 1.165) is 39.7 Å². The van der Waals surface area contributed by atoms with Crippen molar-refractivity contribution in [1.82, 2.24) is 0 Å². The molecule has 0 N–H and O–H groups in total. The highest BCUT2D eigenvalue weighted by Gasteiger charge is 2.48. The molecule has 0 radical (unpaired) electrons. The number of nitrogens with zero attached hydrogens (tertiary/aromatic N) is 2. The predicted molar refractivity (Wildman–Crippen MR) is 252 cm³/mol. The van der Waals surface area contributed by atoms with Crippen LogP contribution in [0.5, 0.6) is 0 Å². The third-order valence-corrected chi connectivity index (χ3v) is 12.1. The van der Waals surface area contributed by atoms with Crippen LogP contribution in [0.4, 0.5) is 34.1 Å². The van der Waals surface area contributed by atoms with E-state index in [4.69, 9.17) is 6.58 Å². The van der Waals surface area contributed by atoms with Crippen molar-refractivity contribution in [3.05, 3.63) is 246 Å². The number of hydrogen-bond donors (Lipinski definition) is 0. The maximum Gasteiger partial charge on any atom is 0.0708 e. The Kier molecular flexibility index (Phi) is 9.65. The van der Waals surface area contributed by atoms with Crippen LogP contribution in [-0.2, 0) is 10.8 Å². The van der Waals surface area contributed by atoms with E-state index in [-0.39, 0.29) is 5.41 Å². The maximum atomic E-state index is 4.97. The van der Waals surface area contributed by atoms with Crippen molar-refractivity contribution in [1.29, 1.82) is 0 Å². The van der Waals surface area contributed by atoms with Gasteiger partial charge < -0.3 is 9.80 Å². The fourth-order valence-electron chi connectivity index (χ4n) is 9.26. The first-order chi connectivity index (χ1) is 28.7. The number of rotatable bonds is 8. The number of anilines is 6. The van der Waals surface area contributed by atoms with Crippen molar-refractivity contribution < 1.29 is 0 Å². The molecule has 0 saturated carbocycles. The van der Waals surface area contributed by atoms with Crippen molar-refractivity contribution in [3.63, 3.8) is 0 Å². The van der Waals surface area contributed by atoms with E-state index >= 15 is 0 Å². The molecule has 2 nitrogen and oxygen atoms in total. The van der Waals surface area contributed by atoms with E-state index in [1.165, 1.54) is 49.7 Å². The zero-order chi connectivity index (χ0) is 40.7. The summed E-state index contributed by atoms with van der Waals surface area (Å²) in [7, 11) is 0. The summed E-state index contributed by atoms with van der Waals surface area (Å²) in [6.07, 6.45) is 2.26. The van der Waals surface area contributed by atoms with Crippen LogP contribution in [0.1, 0.15) is 61.1 Å². The summed E-state index contributed by atoms with van der Waals surface area (Å²) in [4.78, 5) is 4.65. The van der Waals surface area contributed by atoms with E-state index in [1.54, 1.807) is 0 Å². The van der Waals surface area contributed by atoms with Crippen LogP contribution in [0, 0.1) is 6.92 Å². The summed E-state index contributed by atoms with van der Waals surface area (Å²) in [5, 5.41) is 2.56. The summed E-state index contributed by atoms with van der Waals surface area (Å²) in [5.41, 5.74) is 16.0. The van der Waals surface area contributed by atoms with Gasteiger partial charge in [0.15, 0.2) is 0 Å². The van der Waals surface area contributed by atoms with Crippen LogP contribution in [-0.4, -0.2) is 0 Å². The van der Waals surface area contributed by atoms with Crippen LogP contribution in [0.3, 0.4) is 0 Å². The lowest BCUT2D eigenvalue weighted by atomic mass is 9.67. The van der Waals surface area contributed by atoms with Gasteiger partial charge in [0.25, 0.3) is 0 Å². The van der Waals surface area contributed by atoms with Gasteiger partial charge in [0.05, 0.1) is 5.41 Å². The van der Waals surface area contributed by atoms with Gasteiger partial charge in [-0.3, -0.25) is 0 Å². The molecule has 0 spiro atoms. The van der Waals surface area contributed by atoms with Gasteiger partial charge in [-0.25, -0.2) is 0 Å². The third kappa shape index (κ3) is 6.46. The lowest BCUT2D eigenvalue weighted by Crippen LogP contribution is -2.28. The van der Waals surface area contributed by atoms with E-state index in [0.29, 0.717) is 0 Å². The van der Waals surface area contributed by atoms with Gasteiger partial charge >= 0.3 is 0 Å². The Balaban J connectivity index is 1.19. The van der Waals surface area contributed by atoms with E-state index < -0.39 is 5.41 Å². The Bertz CT molecular complexity index is 2750. The number of hydrogen-bond acceptors (Lipinski definition) is 2. The fourth-order valence-corrected chi connectivity index (χ4v) is 9.26. The van der Waals surface area contributed by atoms with Gasteiger partial charge in [-0.2, -0.15) is 0 Å². The van der Waals surface area contributed by atoms with E-state index in [2.05, 4.69) is 245 Å².